The van der Waals surface area contributed by atoms with E-state index in [4.69, 9.17) is 9.72 Å². The van der Waals surface area contributed by atoms with Crippen molar-refractivity contribution in [2.24, 2.45) is 0 Å². The van der Waals surface area contributed by atoms with Gasteiger partial charge in [-0.05, 0) is 25.1 Å². The van der Waals surface area contributed by atoms with E-state index in [-0.39, 0.29) is 0 Å². The molecule has 0 unspecified atom stereocenters. The van der Waals surface area contributed by atoms with Crippen LogP contribution >= 0.6 is 11.3 Å². The van der Waals surface area contributed by atoms with Crippen LogP contribution in [0.2, 0.25) is 0 Å². The molecule has 2 aromatic rings. The Morgan fingerprint density at radius 2 is 2.00 bits per heavy atom. The van der Waals surface area contributed by atoms with Crippen LogP contribution in [0.25, 0.3) is 0 Å². The first-order valence-corrected chi connectivity index (χ1v) is 7.83. The van der Waals surface area contributed by atoms with Crippen LogP contribution in [0.15, 0.2) is 30.3 Å². The van der Waals surface area contributed by atoms with Gasteiger partial charge in [0, 0.05) is 17.8 Å². The highest BCUT2D eigenvalue weighted by Crippen LogP contribution is 2.25. The maximum Gasteiger partial charge on any atom is 0.119 e. The normalized spacial score (nSPS) is 11.0. The fourth-order valence-electron chi connectivity index (χ4n) is 2.03. The Labute approximate surface area is 125 Å². The maximum atomic E-state index is 5.73. The van der Waals surface area contributed by atoms with Gasteiger partial charge in [-0.25, -0.2) is 4.98 Å². The highest BCUT2D eigenvalue weighted by Gasteiger charge is 2.13. The van der Waals surface area contributed by atoms with Gasteiger partial charge in [0.2, 0.25) is 0 Å². The largest absolute Gasteiger partial charge is 0.493 e. The quantitative estimate of drug-likeness (QED) is 0.846. The van der Waals surface area contributed by atoms with Crippen molar-refractivity contribution in [1.29, 1.82) is 0 Å². The van der Waals surface area contributed by atoms with E-state index in [1.165, 1.54) is 10.6 Å². The highest BCUT2D eigenvalue weighted by atomic mass is 32.1. The van der Waals surface area contributed by atoms with Gasteiger partial charge in [-0.3, -0.25) is 0 Å². The van der Waals surface area contributed by atoms with Crippen LogP contribution in [0.3, 0.4) is 0 Å². The molecule has 0 saturated carbocycles. The lowest BCUT2D eigenvalue weighted by Gasteiger charge is -2.04. The van der Waals surface area contributed by atoms with Gasteiger partial charge in [0.25, 0.3) is 0 Å². The summed E-state index contributed by atoms with van der Waals surface area (Å²) in [6.07, 6.45) is 0.864. The summed E-state index contributed by atoms with van der Waals surface area (Å²) in [5.74, 6) is 1.39. The molecular weight excluding hydrogens is 268 g/mol. The first-order chi connectivity index (χ1) is 9.70. The van der Waals surface area contributed by atoms with E-state index in [0.717, 1.165) is 23.7 Å². The molecule has 0 saturated heterocycles. The number of thiazole rings is 1. The van der Waals surface area contributed by atoms with Crippen LogP contribution in [-0.4, -0.2) is 18.6 Å². The van der Waals surface area contributed by atoms with E-state index in [9.17, 15) is 0 Å². The summed E-state index contributed by atoms with van der Waals surface area (Å²) < 4.78 is 5.73. The van der Waals surface area contributed by atoms with E-state index in [2.05, 4.69) is 19.2 Å². The summed E-state index contributed by atoms with van der Waals surface area (Å²) in [5, 5.41) is 4.38. The minimum Gasteiger partial charge on any atom is -0.493 e. The molecule has 1 aromatic carbocycles. The number of para-hydroxylation sites is 1. The topological polar surface area (TPSA) is 34.1 Å². The van der Waals surface area contributed by atoms with Gasteiger partial charge in [0.1, 0.15) is 5.75 Å². The first-order valence-electron chi connectivity index (χ1n) is 7.01. The van der Waals surface area contributed by atoms with Crippen LogP contribution in [0.1, 0.15) is 35.3 Å². The minimum atomic E-state index is 0.471. The van der Waals surface area contributed by atoms with Gasteiger partial charge >= 0.3 is 0 Å². The summed E-state index contributed by atoms with van der Waals surface area (Å²) in [7, 11) is 1.97. The van der Waals surface area contributed by atoms with Crippen molar-refractivity contribution in [2.75, 3.05) is 13.7 Å². The lowest BCUT2D eigenvalue weighted by Crippen LogP contribution is -2.06. The third-order valence-electron chi connectivity index (χ3n) is 2.98. The van der Waals surface area contributed by atoms with Crippen molar-refractivity contribution in [3.8, 4) is 5.75 Å². The van der Waals surface area contributed by atoms with E-state index < -0.39 is 0 Å². The average molecular weight is 290 g/mol. The van der Waals surface area contributed by atoms with Crippen LogP contribution in [-0.2, 0) is 13.0 Å². The summed E-state index contributed by atoms with van der Waals surface area (Å²) in [6.45, 7) is 5.95. The van der Waals surface area contributed by atoms with Gasteiger partial charge in [-0.2, -0.15) is 0 Å². The Kier molecular flexibility index (Phi) is 5.56. The minimum absolute atomic E-state index is 0.471. The lowest BCUT2D eigenvalue weighted by molar-refractivity contribution is 0.321. The van der Waals surface area contributed by atoms with Crippen molar-refractivity contribution >= 4 is 11.3 Å². The molecule has 1 N–H and O–H groups in total. The lowest BCUT2D eigenvalue weighted by atomic mass is 10.1. The smallest absolute Gasteiger partial charge is 0.119 e. The molecule has 0 aliphatic carbocycles. The number of rotatable bonds is 7. The fraction of sp³-hybridized carbons (Fsp3) is 0.438. The molecule has 20 heavy (non-hydrogen) atoms. The third-order valence-corrected chi connectivity index (χ3v) is 4.11. The molecule has 4 heteroatoms. The Morgan fingerprint density at radius 1 is 1.25 bits per heavy atom. The second-order valence-corrected chi connectivity index (χ2v) is 6.18. The van der Waals surface area contributed by atoms with Crippen molar-refractivity contribution in [3.05, 3.63) is 45.9 Å². The van der Waals surface area contributed by atoms with Crippen LogP contribution in [0, 0.1) is 0 Å². The molecular formula is C16H22N2OS. The zero-order valence-electron chi connectivity index (χ0n) is 12.3. The third kappa shape index (κ3) is 4.05. The van der Waals surface area contributed by atoms with Gasteiger partial charge in [0.05, 0.1) is 17.3 Å². The molecule has 108 valence electrons. The molecule has 0 bridgehead atoms. The molecule has 0 spiro atoms. The first kappa shape index (κ1) is 15.0. The number of ether oxygens (including phenoxy) is 1. The SMILES string of the molecule is CNCc1sc(CCOc2ccccc2)nc1C(C)C. The maximum absolute atomic E-state index is 5.73. The van der Waals surface area contributed by atoms with E-state index in [0.29, 0.717) is 12.5 Å². The van der Waals surface area contributed by atoms with Crippen LogP contribution in [0.5, 0.6) is 5.75 Å². The zero-order valence-corrected chi connectivity index (χ0v) is 13.2. The monoisotopic (exact) mass is 290 g/mol. The number of hydrogen-bond donors (Lipinski definition) is 1. The molecule has 0 fully saturated rings. The Bertz CT molecular complexity index is 523. The van der Waals surface area contributed by atoms with E-state index in [1.807, 2.05) is 37.4 Å². The molecule has 0 radical (unpaired) electrons. The zero-order chi connectivity index (χ0) is 14.4. The summed E-state index contributed by atoms with van der Waals surface area (Å²) in [5.41, 5.74) is 1.22. The van der Waals surface area contributed by atoms with Crippen molar-refractivity contribution < 1.29 is 4.74 Å². The van der Waals surface area contributed by atoms with E-state index >= 15 is 0 Å². The summed E-state index contributed by atoms with van der Waals surface area (Å²) >= 11 is 1.79. The Morgan fingerprint density at radius 3 is 2.65 bits per heavy atom. The molecule has 0 amide bonds. The molecule has 2 rings (SSSR count). The number of nitrogens with one attached hydrogen (secondary N) is 1. The van der Waals surface area contributed by atoms with Crippen molar-refractivity contribution in [2.45, 2.75) is 32.7 Å². The second-order valence-electron chi connectivity index (χ2n) is 5.01. The standard InChI is InChI=1S/C16H22N2OS/c1-12(2)16-14(11-17-3)20-15(18-16)9-10-19-13-7-5-4-6-8-13/h4-8,12,17H,9-11H2,1-3H3. The summed E-state index contributed by atoms with van der Waals surface area (Å²) in [6, 6.07) is 9.93. The van der Waals surface area contributed by atoms with Crippen LogP contribution in [0.4, 0.5) is 0 Å². The van der Waals surface area contributed by atoms with Gasteiger partial charge in [0.15, 0.2) is 0 Å². The second kappa shape index (κ2) is 7.41. The number of hydrogen-bond acceptors (Lipinski definition) is 4. The predicted molar refractivity (Wildman–Crippen MR) is 84.6 cm³/mol. The average Bonchev–Trinajstić information content (AvgIpc) is 2.84. The van der Waals surface area contributed by atoms with Gasteiger partial charge in [-0.1, -0.05) is 32.0 Å². The molecule has 0 aliphatic rings. The predicted octanol–water partition coefficient (Wildman–Crippen LogP) is 3.61. The molecule has 3 nitrogen and oxygen atoms in total. The molecule has 0 atom stereocenters. The number of nitrogens with zero attached hydrogens (tertiary/aromatic N) is 1. The van der Waals surface area contributed by atoms with Crippen molar-refractivity contribution in [3.63, 3.8) is 0 Å². The highest BCUT2D eigenvalue weighted by molar-refractivity contribution is 7.11. The Hall–Kier alpha value is -1.39. The number of aromatic nitrogens is 1. The van der Waals surface area contributed by atoms with Gasteiger partial charge < -0.3 is 10.1 Å². The fourth-order valence-corrected chi connectivity index (χ4v) is 3.25. The van der Waals surface area contributed by atoms with Gasteiger partial charge in [-0.15, -0.1) is 11.3 Å². The van der Waals surface area contributed by atoms with Crippen LogP contribution < -0.4 is 10.1 Å². The molecule has 1 aromatic heterocycles. The number of benzene rings is 1. The molecule has 1 heterocycles. The summed E-state index contributed by atoms with van der Waals surface area (Å²) in [4.78, 5) is 6.10. The van der Waals surface area contributed by atoms with E-state index in [1.54, 1.807) is 11.3 Å². The Balaban J connectivity index is 1.94. The van der Waals surface area contributed by atoms with Crippen molar-refractivity contribution in [1.82, 2.24) is 10.3 Å². The molecule has 0 aliphatic heterocycles.